The van der Waals surface area contributed by atoms with E-state index in [9.17, 15) is 0 Å². The largest absolute Gasteiger partial charge is 0.376 e. The number of hydrogen-bond acceptors (Lipinski definition) is 4. The summed E-state index contributed by atoms with van der Waals surface area (Å²) in [5.41, 5.74) is 6.77. The molecule has 0 amide bonds. The fourth-order valence-electron chi connectivity index (χ4n) is 1.34. The van der Waals surface area contributed by atoms with Gasteiger partial charge in [0.15, 0.2) is 0 Å². The summed E-state index contributed by atoms with van der Waals surface area (Å²) in [6.07, 6.45) is 0. The minimum atomic E-state index is 0.244. The molecule has 0 aromatic carbocycles. The second-order valence-electron chi connectivity index (χ2n) is 3.77. The number of thiophene rings is 1. The van der Waals surface area contributed by atoms with Crippen molar-refractivity contribution in [3.63, 3.8) is 0 Å². The molecule has 0 aliphatic rings. The molecule has 3 nitrogen and oxygen atoms in total. The minimum Gasteiger partial charge on any atom is -0.376 e. The van der Waals surface area contributed by atoms with Gasteiger partial charge >= 0.3 is 0 Å². The van der Waals surface area contributed by atoms with Gasteiger partial charge in [-0.3, -0.25) is 0 Å². The predicted octanol–water partition coefficient (Wildman–Crippen LogP) is 1.93. The van der Waals surface area contributed by atoms with Crippen molar-refractivity contribution in [3.8, 4) is 0 Å². The zero-order valence-electron chi connectivity index (χ0n) is 9.74. The number of rotatable bonds is 8. The lowest BCUT2D eigenvalue weighted by Crippen LogP contribution is -2.30. The molecule has 0 bridgehead atoms. The molecule has 1 unspecified atom stereocenters. The first kappa shape index (κ1) is 13.4. The number of ether oxygens (including phenoxy) is 1. The summed E-state index contributed by atoms with van der Waals surface area (Å²) in [4.78, 5) is 1.28. The van der Waals surface area contributed by atoms with Gasteiger partial charge in [-0.15, -0.1) is 11.3 Å². The molecule has 0 aliphatic carbocycles. The monoisotopic (exact) mass is 240 g/mol. The van der Waals surface area contributed by atoms with Crippen LogP contribution >= 0.6 is 11.3 Å². The molecule has 3 N–H and O–H groups in total. The van der Waals surface area contributed by atoms with Gasteiger partial charge in [0.25, 0.3) is 0 Å². The zero-order chi connectivity index (χ0) is 11.8. The molecule has 16 heavy (non-hydrogen) atoms. The van der Waals surface area contributed by atoms with E-state index in [0.29, 0.717) is 19.8 Å². The van der Waals surface area contributed by atoms with E-state index in [1.54, 1.807) is 11.3 Å². The lowest BCUT2D eigenvalue weighted by Gasteiger charge is -2.15. The van der Waals surface area contributed by atoms with Crippen molar-refractivity contribution in [1.82, 2.24) is 5.32 Å². The van der Waals surface area contributed by atoms with Crippen molar-refractivity contribution in [3.05, 3.63) is 34.5 Å². The van der Waals surface area contributed by atoms with Crippen molar-refractivity contribution in [1.29, 1.82) is 0 Å². The van der Waals surface area contributed by atoms with Crippen LogP contribution in [-0.4, -0.2) is 26.3 Å². The highest BCUT2D eigenvalue weighted by molar-refractivity contribution is 7.10. The Morgan fingerprint density at radius 3 is 3.06 bits per heavy atom. The van der Waals surface area contributed by atoms with Crippen LogP contribution in [0.25, 0.3) is 0 Å². The molecule has 1 heterocycles. The highest BCUT2D eigenvalue weighted by atomic mass is 32.1. The van der Waals surface area contributed by atoms with Gasteiger partial charge in [0.2, 0.25) is 0 Å². The van der Waals surface area contributed by atoms with Gasteiger partial charge in [0.1, 0.15) is 0 Å². The van der Waals surface area contributed by atoms with Gasteiger partial charge in [-0.2, -0.15) is 0 Å². The Bertz CT molecular complexity index is 298. The maximum absolute atomic E-state index is 5.72. The first-order valence-electron chi connectivity index (χ1n) is 5.43. The second-order valence-corrected chi connectivity index (χ2v) is 4.75. The molecule has 1 atom stereocenters. The van der Waals surface area contributed by atoms with Gasteiger partial charge in [-0.25, -0.2) is 0 Å². The fourth-order valence-corrected chi connectivity index (χ4v) is 2.16. The van der Waals surface area contributed by atoms with Crippen molar-refractivity contribution < 1.29 is 4.74 Å². The summed E-state index contributed by atoms with van der Waals surface area (Å²) >= 11 is 1.73. The van der Waals surface area contributed by atoms with Crippen LogP contribution in [0.4, 0.5) is 0 Å². The number of hydrogen-bond donors (Lipinski definition) is 2. The SMILES string of the molecule is C=C(C)COCCNC(CN)c1cccs1. The van der Waals surface area contributed by atoms with Crippen LogP contribution in [0.2, 0.25) is 0 Å². The fraction of sp³-hybridized carbons (Fsp3) is 0.500. The summed E-state index contributed by atoms with van der Waals surface area (Å²) in [7, 11) is 0. The smallest absolute Gasteiger partial charge is 0.0672 e. The van der Waals surface area contributed by atoms with Crippen LogP contribution in [0.5, 0.6) is 0 Å². The highest BCUT2D eigenvalue weighted by Gasteiger charge is 2.08. The van der Waals surface area contributed by atoms with Gasteiger partial charge < -0.3 is 15.8 Å². The van der Waals surface area contributed by atoms with Gasteiger partial charge in [0.05, 0.1) is 19.3 Å². The Balaban J connectivity index is 2.18. The molecule has 1 aromatic heterocycles. The van der Waals surface area contributed by atoms with E-state index < -0.39 is 0 Å². The second kappa shape index (κ2) is 7.57. The Morgan fingerprint density at radius 2 is 2.50 bits per heavy atom. The summed E-state index contributed by atoms with van der Waals surface area (Å²) in [6, 6.07) is 4.39. The molecule has 0 aliphatic heterocycles. The lowest BCUT2D eigenvalue weighted by atomic mass is 10.2. The Labute approximate surface area is 101 Å². The quantitative estimate of drug-likeness (QED) is 0.539. The summed E-state index contributed by atoms with van der Waals surface area (Å²) < 4.78 is 5.41. The third kappa shape index (κ3) is 4.90. The van der Waals surface area contributed by atoms with E-state index >= 15 is 0 Å². The molecule has 0 radical (unpaired) electrons. The van der Waals surface area contributed by atoms with Gasteiger partial charge in [-0.1, -0.05) is 18.2 Å². The molecular weight excluding hydrogens is 220 g/mol. The average Bonchev–Trinajstić information content (AvgIpc) is 2.76. The maximum Gasteiger partial charge on any atom is 0.0672 e. The zero-order valence-corrected chi connectivity index (χ0v) is 10.6. The molecule has 1 aromatic rings. The first-order chi connectivity index (χ1) is 7.74. The first-order valence-corrected chi connectivity index (χ1v) is 6.31. The molecule has 0 fully saturated rings. The van der Waals surface area contributed by atoms with Gasteiger partial charge in [0, 0.05) is 18.0 Å². The van der Waals surface area contributed by atoms with Crippen molar-refractivity contribution in [2.75, 3.05) is 26.3 Å². The molecule has 0 saturated heterocycles. The number of nitrogens with two attached hydrogens (primary N) is 1. The van der Waals surface area contributed by atoms with Crippen LogP contribution in [-0.2, 0) is 4.74 Å². The normalized spacial score (nSPS) is 12.6. The van der Waals surface area contributed by atoms with E-state index in [-0.39, 0.29) is 6.04 Å². The van der Waals surface area contributed by atoms with Crippen molar-refractivity contribution in [2.24, 2.45) is 5.73 Å². The summed E-state index contributed by atoms with van der Waals surface area (Å²) in [5.74, 6) is 0. The maximum atomic E-state index is 5.72. The van der Waals surface area contributed by atoms with Crippen molar-refractivity contribution in [2.45, 2.75) is 13.0 Å². The van der Waals surface area contributed by atoms with E-state index in [1.165, 1.54) is 4.88 Å². The molecule has 4 heteroatoms. The van der Waals surface area contributed by atoms with Gasteiger partial charge in [-0.05, 0) is 18.4 Å². The minimum absolute atomic E-state index is 0.244. The third-order valence-corrected chi connectivity index (χ3v) is 3.09. The lowest BCUT2D eigenvalue weighted by molar-refractivity contribution is 0.155. The topological polar surface area (TPSA) is 47.3 Å². The number of nitrogens with one attached hydrogen (secondary N) is 1. The van der Waals surface area contributed by atoms with Crippen LogP contribution < -0.4 is 11.1 Å². The average molecular weight is 240 g/mol. The van der Waals surface area contributed by atoms with E-state index in [4.69, 9.17) is 10.5 Å². The van der Waals surface area contributed by atoms with Crippen LogP contribution in [0, 0.1) is 0 Å². The summed E-state index contributed by atoms with van der Waals surface area (Å²) in [5, 5.41) is 5.44. The summed E-state index contributed by atoms with van der Waals surface area (Å²) in [6.45, 7) is 8.49. The standard InChI is InChI=1S/C12H20N2OS/c1-10(2)9-15-6-5-14-11(8-13)12-4-3-7-16-12/h3-4,7,11,14H,1,5-6,8-9,13H2,2H3. The van der Waals surface area contributed by atoms with Crippen LogP contribution in [0.15, 0.2) is 29.7 Å². The van der Waals surface area contributed by atoms with E-state index in [0.717, 1.165) is 12.1 Å². The Morgan fingerprint density at radius 1 is 1.69 bits per heavy atom. The molecule has 1 rings (SSSR count). The predicted molar refractivity (Wildman–Crippen MR) is 69.8 cm³/mol. The van der Waals surface area contributed by atoms with Crippen LogP contribution in [0.3, 0.4) is 0 Å². The van der Waals surface area contributed by atoms with Crippen molar-refractivity contribution >= 4 is 11.3 Å². The Kier molecular flexibility index (Phi) is 6.33. The molecule has 90 valence electrons. The third-order valence-electron chi connectivity index (χ3n) is 2.11. The molecule has 0 saturated carbocycles. The molecule has 0 spiro atoms. The highest BCUT2D eigenvalue weighted by Crippen LogP contribution is 2.17. The van der Waals surface area contributed by atoms with E-state index in [2.05, 4.69) is 23.3 Å². The van der Waals surface area contributed by atoms with E-state index in [1.807, 2.05) is 13.0 Å². The molecular formula is C12H20N2OS. The van der Waals surface area contributed by atoms with Crippen LogP contribution in [0.1, 0.15) is 17.8 Å². The Hall–Kier alpha value is -0.680.